The van der Waals surface area contributed by atoms with Gasteiger partial charge in [0.1, 0.15) is 10.6 Å². The van der Waals surface area contributed by atoms with Gasteiger partial charge in [-0.25, -0.2) is 0 Å². The summed E-state index contributed by atoms with van der Waals surface area (Å²) < 4.78 is 64.9. The molecule has 0 heterocycles. The molecule has 0 saturated heterocycles. The summed E-state index contributed by atoms with van der Waals surface area (Å²) in [6, 6.07) is 33.9. The summed E-state index contributed by atoms with van der Waals surface area (Å²) in [5.41, 5.74) is 6.89. The summed E-state index contributed by atoms with van der Waals surface area (Å²) in [6.45, 7) is 2.35. The highest BCUT2D eigenvalue weighted by molar-refractivity contribution is 7.86. The lowest BCUT2D eigenvalue weighted by atomic mass is 9.79. The van der Waals surface area contributed by atoms with Gasteiger partial charge >= 0.3 is 0 Å². The molecule has 50 heavy (non-hydrogen) atoms. The molecular weight excluding hydrogens is 675 g/mol. The van der Waals surface area contributed by atoms with Gasteiger partial charge in [-0.05, 0) is 120 Å². The molecule has 0 atom stereocenters. The van der Waals surface area contributed by atoms with Crippen LogP contribution in [0, 0.1) is 5.92 Å². The van der Waals surface area contributed by atoms with Crippen LogP contribution in [-0.2, 0) is 20.2 Å². The monoisotopic (exact) mass is 709 g/mol. The van der Waals surface area contributed by atoms with Gasteiger partial charge in [0.2, 0.25) is 0 Å². The van der Waals surface area contributed by atoms with Crippen LogP contribution in [0.1, 0.15) is 44.1 Å². The Hall–Kier alpha value is -5.08. The highest BCUT2D eigenvalue weighted by Crippen LogP contribution is 2.36. The van der Waals surface area contributed by atoms with E-state index in [0.29, 0.717) is 29.0 Å². The summed E-state index contributed by atoms with van der Waals surface area (Å²) in [5.74, 6) is 1.54. The predicted molar refractivity (Wildman–Crippen MR) is 193 cm³/mol. The van der Waals surface area contributed by atoms with Crippen molar-refractivity contribution in [2.75, 3.05) is 5.32 Å². The van der Waals surface area contributed by atoms with Crippen molar-refractivity contribution >= 4 is 54.4 Å². The van der Waals surface area contributed by atoms with Crippen LogP contribution in [0.15, 0.2) is 146 Å². The Morgan fingerprint density at radius 1 is 0.560 bits per heavy atom. The molecule has 5 aromatic rings. The zero-order chi connectivity index (χ0) is 35.3. The summed E-state index contributed by atoms with van der Waals surface area (Å²) in [5, 5.41) is 19.7. The lowest BCUT2D eigenvalue weighted by Crippen LogP contribution is -2.10. The minimum atomic E-state index is -4.86. The van der Waals surface area contributed by atoms with Crippen LogP contribution in [-0.4, -0.2) is 25.9 Å². The smallest absolute Gasteiger partial charge is 0.296 e. The Morgan fingerprint density at radius 2 is 1.02 bits per heavy atom. The van der Waals surface area contributed by atoms with Gasteiger partial charge in [-0.15, -0.1) is 5.11 Å². The van der Waals surface area contributed by atoms with Crippen molar-refractivity contribution in [1.29, 1.82) is 0 Å². The molecule has 1 aliphatic rings. The fourth-order valence-corrected chi connectivity index (χ4v) is 7.05. The van der Waals surface area contributed by atoms with Crippen LogP contribution in [0.25, 0.3) is 11.1 Å². The normalized spacial score (nSPS) is 16.9. The molecule has 1 saturated carbocycles. The third kappa shape index (κ3) is 8.93. The second kappa shape index (κ2) is 14.8. The quantitative estimate of drug-likeness (QED) is 0.0956. The summed E-state index contributed by atoms with van der Waals surface area (Å²) in [6.07, 6.45) is 5.21. The lowest BCUT2D eigenvalue weighted by molar-refractivity contribution is 0.348. The van der Waals surface area contributed by atoms with E-state index in [1.165, 1.54) is 42.4 Å². The van der Waals surface area contributed by atoms with Gasteiger partial charge in [0.15, 0.2) is 0 Å². The fraction of sp³-hybridized carbons (Fsp3) is 0.189. The minimum Gasteiger partial charge on any atom is -0.356 e. The molecular formula is C37H35N5O6S2. The summed E-state index contributed by atoms with van der Waals surface area (Å²) in [4.78, 5) is -1.53. The Bertz CT molecular complexity index is 2230. The average molecular weight is 710 g/mol. The van der Waals surface area contributed by atoms with Gasteiger partial charge in [-0.1, -0.05) is 56.2 Å². The zero-order valence-electron chi connectivity index (χ0n) is 27.1. The van der Waals surface area contributed by atoms with Gasteiger partial charge in [0, 0.05) is 11.4 Å². The Morgan fingerprint density at radius 3 is 1.52 bits per heavy atom. The van der Waals surface area contributed by atoms with Crippen LogP contribution in [0.3, 0.4) is 0 Å². The number of hydrogen-bond acceptors (Lipinski definition) is 9. The van der Waals surface area contributed by atoms with E-state index in [0.717, 1.165) is 29.4 Å². The zero-order valence-corrected chi connectivity index (χ0v) is 28.7. The van der Waals surface area contributed by atoms with E-state index in [1.54, 1.807) is 24.3 Å². The first-order chi connectivity index (χ1) is 23.9. The van der Waals surface area contributed by atoms with E-state index < -0.39 is 30.0 Å². The van der Waals surface area contributed by atoms with E-state index in [4.69, 9.17) is 0 Å². The highest BCUT2D eigenvalue weighted by atomic mass is 32.2. The molecule has 256 valence electrons. The third-order valence-electron chi connectivity index (χ3n) is 8.68. The first kappa shape index (κ1) is 34.8. The summed E-state index contributed by atoms with van der Waals surface area (Å²) >= 11 is 0. The fourth-order valence-electron chi connectivity index (χ4n) is 5.82. The van der Waals surface area contributed by atoms with Gasteiger partial charge in [-0.3, -0.25) is 9.11 Å². The van der Waals surface area contributed by atoms with Crippen molar-refractivity contribution < 1.29 is 25.9 Å². The number of benzene rings is 5. The molecule has 0 amide bonds. The molecule has 0 aromatic heterocycles. The Balaban J connectivity index is 1.04. The second-order valence-corrected chi connectivity index (χ2v) is 15.1. The van der Waals surface area contributed by atoms with Crippen LogP contribution >= 0.6 is 0 Å². The molecule has 1 fully saturated rings. The van der Waals surface area contributed by atoms with Crippen LogP contribution in [0.4, 0.5) is 34.1 Å². The van der Waals surface area contributed by atoms with E-state index in [1.807, 2.05) is 24.3 Å². The summed E-state index contributed by atoms with van der Waals surface area (Å²) in [7, 11) is -9.56. The average Bonchev–Trinajstić information content (AvgIpc) is 3.11. The van der Waals surface area contributed by atoms with Gasteiger partial charge in [0.05, 0.1) is 22.0 Å². The van der Waals surface area contributed by atoms with E-state index in [9.17, 15) is 25.9 Å². The van der Waals surface area contributed by atoms with E-state index >= 15 is 0 Å². The molecule has 0 bridgehead atoms. The maximum absolute atomic E-state index is 11.7. The molecule has 0 spiro atoms. The number of azo groups is 2. The van der Waals surface area contributed by atoms with E-state index in [-0.39, 0.29) is 5.69 Å². The van der Waals surface area contributed by atoms with Gasteiger partial charge < -0.3 is 5.32 Å². The molecule has 0 unspecified atom stereocenters. The topological polar surface area (TPSA) is 170 Å². The van der Waals surface area contributed by atoms with Crippen molar-refractivity contribution in [1.82, 2.24) is 0 Å². The SMILES string of the molecule is CC1CCC(c2ccc(-c3ccc(Nc4ccc(/N=N\c5ccc(/N=N\c6ccc(S(=O)(=O)O)cc6S(=O)(=O)O)cc5)cc4)cc3)cc2)CC1. The number of nitrogens with zero attached hydrogens (tertiary/aromatic N) is 4. The molecule has 3 N–H and O–H groups in total. The second-order valence-electron chi connectivity index (χ2n) is 12.3. The molecule has 5 aromatic carbocycles. The Kier molecular flexibility index (Phi) is 10.3. The molecule has 0 radical (unpaired) electrons. The van der Waals surface area contributed by atoms with E-state index in [2.05, 4.69) is 81.2 Å². The molecule has 0 aliphatic heterocycles. The van der Waals surface area contributed by atoms with Crippen molar-refractivity contribution in [3.63, 3.8) is 0 Å². The highest BCUT2D eigenvalue weighted by Gasteiger charge is 2.21. The predicted octanol–water partition coefficient (Wildman–Crippen LogP) is 10.7. The van der Waals surface area contributed by atoms with Gasteiger partial charge in [-0.2, -0.15) is 32.2 Å². The lowest BCUT2D eigenvalue weighted by Gasteiger charge is -2.26. The molecule has 13 heteroatoms. The first-order valence-electron chi connectivity index (χ1n) is 16.0. The number of anilines is 2. The molecule has 1 aliphatic carbocycles. The molecule has 6 rings (SSSR count). The number of hydrogen-bond donors (Lipinski definition) is 3. The van der Waals surface area contributed by atoms with Gasteiger partial charge in [0.25, 0.3) is 20.2 Å². The van der Waals surface area contributed by atoms with Crippen LogP contribution in [0.5, 0.6) is 0 Å². The number of nitrogens with one attached hydrogen (secondary N) is 1. The first-order valence-corrected chi connectivity index (χ1v) is 18.9. The van der Waals surface area contributed by atoms with Crippen LogP contribution < -0.4 is 5.32 Å². The largest absolute Gasteiger partial charge is 0.356 e. The Labute approximate surface area is 291 Å². The van der Waals surface area contributed by atoms with Crippen molar-refractivity contribution in [2.24, 2.45) is 26.4 Å². The number of rotatable bonds is 10. The van der Waals surface area contributed by atoms with Crippen molar-refractivity contribution in [3.8, 4) is 11.1 Å². The van der Waals surface area contributed by atoms with Crippen molar-refractivity contribution in [3.05, 3.63) is 121 Å². The maximum atomic E-state index is 11.7. The standard InChI is InChI=1S/C37H35N5O6S2/c1-25-2-4-26(5-3-25)27-6-8-28(9-7-27)29-10-12-30(13-11-29)38-31-14-16-32(17-15-31)39-40-33-18-20-34(21-19-33)41-42-36-23-22-35(49(43,44)45)24-37(36)50(46,47)48/h6-26,38H,2-5H2,1H3,(H,43,44,45)(H,46,47,48)/b40-39-,42-41-. The van der Waals surface area contributed by atoms with Crippen molar-refractivity contribution in [2.45, 2.75) is 48.3 Å². The third-order valence-corrected chi connectivity index (χ3v) is 10.4. The minimum absolute atomic E-state index is 0.316. The van der Waals surface area contributed by atoms with Crippen LogP contribution in [0.2, 0.25) is 0 Å². The maximum Gasteiger partial charge on any atom is 0.296 e. The molecule has 11 nitrogen and oxygen atoms in total.